The van der Waals surface area contributed by atoms with Crippen molar-refractivity contribution in [2.24, 2.45) is 17.8 Å². The number of imide groups is 2. The minimum atomic E-state index is -1.91. The zero-order valence-corrected chi connectivity index (χ0v) is 26.5. The standard InChI is InChI=1S/C31H22Br2Cl2N2O5/c32-14-36-28(41)30(34)13-22-20(9-10-21-24(22)27(40)37(26(21)39)16-7-5-15(33)6-8-16)25(31(30,35)29(36)42)19-11-12-23(38)18-4-2-1-3-17(18)19/h1-9,11-12,21-22,24-25,38H,10,13-14H2. The van der Waals surface area contributed by atoms with Crippen LogP contribution in [0.15, 0.2) is 76.8 Å². The van der Waals surface area contributed by atoms with Crippen molar-refractivity contribution in [3.63, 3.8) is 0 Å². The van der Waals surface area contributed by atoms with Crippen LogP contribution in [0.1, 0.15) is 24.3 Å². The number of anilines is 1. The SMILES string of the molecule is O=C1C2CC=C3C(CC4(Cl)C(=O)N(CBr)C(=O)C4(Cl)C3c3ccc(O)c4ccccc34)C2C(=O)N1c1ccc(Br)cc1. The third-order valence-corrected chi connectivity index (χ3v) is 11.8. The van der Waals surface area contributed by atoms with Gasteiger partial charge in [-0.2, -0.15) is 0 Å². The molecule has 4 amide bonds. The molecular weight excluding hydrogens is 711 g/mol. The average Bonchev–Trinajstić information content (AvgIpc) is 3.32. The van der Waals surface area contributed by atoms with E-state index in [0.717, 1.165) is 9.37 Å². The number of benzene rings is 3. The molecule has 7 nitrogen and oxygen atoms in total. The van der Waals surface area contributed by atoms with Crippen LogP contribution in [0.5, 0.6) is 5.75 Å². The number of phenolic OH excluding ortho intramolecular Hbond substituents is 1. The van der Waals surface area contributed by atoms with Crippen LogP contribution >= 0.6 is 55.1 Å². The van der Waals surface area contributed by atoms with Gasteiger partial charge in [0.25, 0.3) is 11.8 Å². The summed E-state index contributed by atoms with van der Waals surface area (Å²) in [5.41, 5.74) is 1.68. The minimum absolute atomic E-state index is 0.0535. The smallest absolute Gasteiger partial charge is 0.254 e. The first-order valence-corrected chi connectivity index (χ1v) is 16.1. The summed E-state index contributed by atoms with van der Waals surface area (Å²) in [7, 11) is 0. The Morgan fingerprint density at radius 3 is 2.26 bits per heavy atom. The number of phenols is 1. The monoisotopic (exact) mass is 730 g/mol. The Morgan fingerprint density at radius 2 is 1.57 bits per heavy atom. The summed E-state index contributed by atoms with van der Waals surface area (Å²) in [5.74, 6) is -4.86. The fourth-order valence-corrected chi connectivity index (χ4v) is 9.18. The quantitative estimate of drug-likeness (QED) is 0.149. The van der Waals surface area contributed by atoms with E-state index in [1.807, 2.05) is 18.2 Å². The molecular formula is C31H22Br2Cl2N2O5. The summed E-state index contributed by atoms with van der Waals surface area (Å²) in [5, 5.41) is 11.8. The van der Waals surface area contributed by atoms with Crippen LogP contribution in [0.25, 0.3) is 10.8 Å². The van der Waals surface area contributed by atoms with Crippen molar-refractivity contribution in [1.82, 2.24) is 4.90 Å². The molecule has 0 spiro atoms. The van der Waals surface area contributed by atoms with Crippen LogP contribution in [0.2, 0.25) is 0 Å². The summed E-state index contributed by atoms with van der Waals surface area (Å²) in [4.78, 5) is 54.2. The fourth-order valence-electron chi connectivity index (χ4n) is 7.50. The highest BCUT2D eigenvalue weighted by atomic mass is 79.9. The summed E-state index contributed by atoms with van der Waals surface area (Å²) < 4.78 is 0.811. The zero-order valence-electron chi connectivity index (χ0n) is 21.8. The predicted molar refractivity (Wildman–Crippen MR) is 166 cm³/mol. The molecule has 2 heterocycles. The van der Waals surface area contributed by atoms with E-state index in [0.29, 0.717) is 27.6 Å². The number of aromatic hydroxyl groups is 1. The number of likely N-dealkylation sites (tertiary alicyclic amines) is 1. The molecule has 2 aliphatic carbocycles. The number of alkyl halides is 3. The van der Waals surface area contributed by atoms with Crippen LogP contribution in [0.3, 0.4) is 0 Å². The van der Waals surface area contributed by atoms with Crippen molar-refractivity contribution in [3.05, 3.63) is 82.3 Å². The summed E-state index contributed by atoms with van der Waals surface area (Å²) in [6.45, 7) is 0. The second-order valence-corrected chi connectivity index (χ2v) is 13.9. The molecule has 1 saturated carbocycles. The Balaban J connectivity index is 1.44. The van der Waals surface area contributed by atoms with Crippen LogP contribution in [-0.4, -0.2) is 48.8 Å². The van der Waals surface area contributed by atoms with Gasteiger partial charge >= 0.3 is 0 Å². The van der Waals surface area contributed by atoms with E-state index in [2.05, 4.69) is 31.9 Å². The molecule has 0 radical (unpaired) electrons. The Hall–Kier alpha value is -2.72. The maximum absolute atomic E-state index is 14.1. The van der Waals surface area contributed by atoms with Crippen molar-refractivity contribution < 1.29 is 24.3 Å². The highest BCUT2D eigenvalue weighted by Gasteiger charge is 2.76. The lowest BCUT2D eigenvalue weighted by Crippen LogP contribution is -2.60. The third-order valence-electron chi connectivity index (χ3n) is 9.35. The number of hydrogen-bond donors (Lipinski definition) is 1. The lowest BCUT2D eigenvalue weighted by Gasteiger charge is -2.51. The van der Waals surface area contributed by atoms with E-state index in [1.165, 1.54) is 11.0 Å². The molecule has 2 saturated heterocycles. The highest BCUT2D eigenvalue weighted by molar-refractivity contribution is 9.10. The molecule has 214 valence electrons. The first kappa shape index (κ1) is 28.1. The number of nitrogens with zero attached hydrogens (tertiary/aromatic N) is 2. The molecule has 1 N–H and O–H groups in total. The van der Waals surface area contributed by atoms with Crippen LogP contribution < -0.4 is 4.90 Å². The molecule has 3 aromatic carbocycles. The number of allylic oxidation sites excluding steroid dienone is 2. The predicted octanol–water partition coefficient (Wildman–Crippen LogP) is 6.22. The van der Waals surface area contributed by atoms with E-state index >= 15 is 0 Å². The topological polar surface area (TPSA) is 95.0 Å². The summed E-state index contributed by atoms with van der Waals surface area (Å²) in [6.07, 6.45) is 2.09. The van der Waals surface area contributed by atoms with Crippen molar-refractivity contribution in [2.45, 2.75) is 28.5 Å². The number of amides is 4. The average molecular weight is 733 g/mol. The van der Waals surface area contributed by atoms with Crippen LogP contribution in [-0.2, 0) is 19.2 Å². The summed E-state index contributed by atoms with van der Waals surface area (Å²) in [6, 6.07) is 17.4. The molecule has 4 aliphatic rings. The second-order valence-electron chi connectivity index (χ2n) is 11.2. The molecule has 42 heavy (non-hydrogen) atoms. The second kappa shape index (κ2) is 9.64. The van der Waals surface area contributed by atoms with Gasteiger partial charge in [0, 0.05) is 15.8 Å². The van der Waals surface area contributed by atoms with Crippen molar-refractivity contribution in [1.29, 1.82) is 0 Å². The molecule has 7 rings (SSSR count). The zero-order chi connectivity index (χ0) is 29.7. The molecule has 3 aromatic rings. The highest BCUT2D eigenvalue weighted by Crippen LogP contribution is 2.66. The molecule has 11 heteroatoms. The van der Waals surface area contributed by atoms with Crippen LogP contribution in [0, 0.1) is 17.8 Å². The molecule has 2 aliphatic heterocycles. The Morgan fingerprint density at radius 1 is 0.881 bits per heavy atom. The van der Waals surface area contributed by atoms with Gasteiger partial charge in [-0.05, 0) is 60.0 Å². The van der Waals surface area contributed by atoms with E-state index in [1.54, 1.807) is 42.5 Å². The van der Waals surface area contributed by atoms with E-state index in [-0.39, 0.29) is 35.9 Å². The first-order chi connectivity index (χ1) is 20.0. The molecule has 6 atom stereocenters. The Kier molecular flexibility index (Phi) is 6.45. The van der Waals surface area contributed by atoms with Crippen molar-refractivity contribution in [3.8, 4) is 5.75 Å². The lowest BCUT2D eigenvalue weighted by molar-refractivity contribution is -0.138. The normalized spacial score (nSPS) is 32.2. The van der Waals surface area contributed by atoms with Gasteiger partial charge in [-0.25, -0.2) is 0 Å². The number of rotatable bonds is 3. The fraction of sp³-hybridized carbons (Fsp3) is 0.290. The number of carbonyl (C=O) groups is 4. The lowest BCUT2D eigenvalue weighted by atomic mass is 9.56. The van der Waals surface area contributed by atoms with Gasteiger partial charge in [0.1, 0.15) is 5.75 Å². The van der Waals surface area contributed by atoms with E-state index in [4.69, 9.17) is 23.2 Å². The first-order valence-electron chi connectivity index (χ1n) is 13.4. The van der Waals surface area contributed by atoms with E-state index in [9.17, 15) is 24.3 Å². The summed E-state index contributed by atoms with van der Waals surface area (Å²) >= 11 is 21.3. The Bertz CT molecular complexity index is 1760. The maximum atomic E-state index is 14.1. The molecule has 0 bridgehead atoms. The van der Waals surface area contributed by atoms with Crippen LogP contribution in [0.4, 0.5) is 5.69 Å². The number of hydrogen-bond acceptors (Lipinski definition) is 5. The van der Waals surface area contributed by atoms with E-state index < -0.39 is 45.2 Å². The minimum Gasteiger partial charge on any atom is -0.507 e. The van der Waals surface area contributed by atoms with Crippen molar-refractivity contribution >= 4 is 95.2 Å². The number of halogens is 4. The Labute approximate surface area is 267 Å². The largest absolute Gasteiger partial charge is 0.507 e. The van der Waals surface area contributed by atoms with Gasteiger partial charge < -0.3 is 5.11 Å². The van der Waals surface area contributed by atoms with Gasteiger partial charge in [-0.1, -0.05) is 73.8 Å². The third kappa shape index (κ3) is 3.51. The van der Waals surface area contributed by atoms with Gasteiger partial charge in [0.2, 0.25) is 11.8 Å². The molecule has 6 unspecified atom stereocenters. The number of carbonyl (C=O) groups excluding carboxylic acids is 4. The molecule has 0 aromatic heterocycles. The van der Waals surface area contributed by atoms with Gasteiger partial charge in [0.15, 0.2) is 9.75 Å². The van der Waals surface area contributed by atoms with Gasteiger partial charge in [0.05, 0.1) is 23.0 Å². The maximum Gasteiger partial charge on any atom is 0.254 e. The van der Waals surface area contributed by atoms with Crippen molar-refractivity contribution in [2.75, 3.05) is 10.4 Å². The molecule has 3 fully saturated rings. The van der Waals surface area contributed by atoms with Gasteiger partial charge in [-0.15, -0.1) is 23.2 Å². The van der Waals surface area contributed by atoms with Gasteiger partial charge in [-0.3, -0.25) is 29.0 Å². The number of fused-ring (bicyclic) bond motifs is 5.